The summed E-state index contributed by atoms with van der Waals surface area (Å²) in [7, 11) is 0. The number of rotatable bonds is 1. The Morgan fingerprint density at radius 1 is 1.21 bits per heavy atom. The molecule has 1 saturated heterocycles. The summed E-state index contributed by atoms with van der Waals surface area (Å²) in [6.07, 6.45) is 4.57. The van der Waals surface area contributed by atoms with Gasteiger partial charge in [0.05, 0.1) is 5.52 Å². The molecule has 72 valence electrons. The summed E-state index contributed by atoms with van der Waals surface area (Å²) in [4.78, 5) is 3.33. The van der Waals surface area contributed by atoms with E-state index in [0.717, 1.165) is 6.54 Å². The van der Waals surface area contributed by atoms with Crippen LogP contribution in [0.5, 0.6) is 0 Å². The molecule has 2 nitrogen and oxygen atoms in total. The van der Waals surface area contributed by atoms with Crippen molar-refractivity contribution in [2.75, 3.05) is 6.54 Å². The lowest BCUT2D eigenvalue weighted by atomic mass is 10.0. The molecule has 1 atom stereocenters. The van der Waals surface area contributed by atoms with Crippen molar-refractivity contribution in [3.05, 3.63) is 36.0 Å². The molecule has 1 aromatic carbocycles. The van der Waals surface area contributed by atoms with Gasteiger partial charge in [0.1, 0.15) is 0 Å². The normalized spacial score (nSPS) is 21.9. The van der Waals surface area contributed by atoms with Gasteiger partial charge in [-0.1, -0.05) is 18.2 Å². The van der Waals surface area contributed by atoms with Crippen molar-refractivity contribution in [1.29, 1.82) is 0 Å². The minimum atomic E-state index is 0.553. The number of aromatic nitrogens is 1. The zero-order valence-corrected chi connectivity index (χ0v) is 8.09. The van der Waals surface area contributed by atoms with Gasteiger partial charge in [-0.05, 0) is 36.4 Å². The van der Waals surface area contributed by atoms with E-state index in [0.29, 0.717) is 6.04 Å². The molecule has 1 aliphatic heterocycles. The van der Waals surface area contributed by atoms with E-state index in [9.17, 15) is 0 Å². The fourth-order valence-corrected chi connectivity index (χ4v) is 2.35. The van der Waals surface area contributed by atoms with Gasteiger partial charge in [0.15, 0.2) is 0 Å². The third-order valence-electron chi connectivity index (χ3n) is 3.06. The second-order valence-corrected chi connectivity index (χ2v) is 3.94. The van der Waals surface area contributed by atoms with Crippen LogP contribution >= 0.6 is 0 Å². The Morgan fingerprint density at radius 2 is 2.21 bits per heavy atom. The average Bonchev–Trinajstić information content (AvgIpc) is 2.88. The highest BCUT2D eigenvalue weighted by Gasteiger charge is 2.18. The first-order valence-corrected chi connectivity index (χ1v) is 5.24. The molecule has 0 bridgehead atoms. The van der Waals surface area contributed by atoms with Gasteiger partial charge >= 0.3 is 0 Å². The zero-order valence-electron chi connectivity index (χ0n) is 8.09. The predicted molar refractivity (Wildman–Crippen MR) is 58.3 cm³/mol. The first kappa shape index (κ1) is 8.06. The Bertz CT molecular complexity index is 438. The Morgan fingerprint density at radius 3 is 3.07 bits per heavy atom. The first-order chi connectivity index (χ1) is 6.95. The zero-order chi connectivity index (χ0) is 9.38. The van der Waals surface area contributed by atoms with Crippen molar-refractivity contribution >= 4 is 10.9 Å². The predicted octanol–water partition coefficient (Wildman–Crippen LogP) is 2.59. The Balaban J connectivity index is 2.14. The Kier molecular flexibility index (Phi) is 1.81. The first-order valence-electron chi connectivity index (χ1n) is 5.24. The van der Waals surface area contributed by atoms with E-state index in [-0.39, 0.29) is 0 Å². The maximum absolute atomic E-state index is 3.53. The van der Waals surface area contributed by atoms with Crippen molar-refractivity contribution in [3.63, 3.8) is 0 Å². The molecule has 0 amide bonds. The molecule has 2 heterocycles. The number of hydrogen-bond donors (Lipinski definition) is 2. The van der Waals surface area contributed by atoms with Crippen LogP contribution in [0.15, 0.2) is 30.5 Å². The number of fused-ring (bicyclic) bond motifs is 1. The Labute approximate surface area is 83.3 Å². The van der Waals surface area contributed by atoms with Crippen LogP contribution in [0.2, 0.25) is 0 Å². The number of aromatic amines is 1. The lowest BCUT2D eigenvalue weighted by molar-refractivity contribution is 0.652. The second kappa shape index (κ2) is 3.14. The summed E-state index contributed by atoms with van der Waals surface area (Å²) in [5.41, 5.74) is 2.72. The van der Waals surface area contributed by atoms with Crippen LogP contribution in [0.25, 0.3) is 10.9 Å². The van der Waals surface area contributed by atoms with E-state index in [1.54, 1.807) is 0 Å². The van der Waals surface area contributed by atoms with Crippen LogP contribution in [0, 0.1) is 0 Å². The van der Waals surface area contributed by atoms with Crippen molar-refractivity contribution in [3.8, 4) is 0 Å². The molecule has 0 saturated carbocycles. The maximum Gasteiger partial charge on any atom is 0.0502 e. The molecule has 1 aliphatic rings. The SMILES string of the molecule is c1cc([C@@H]2CCCN2)c2[nH]ccc2c1. The summed E-state index contributed by atoms with van der Waals surface area (Å²) in [5.74, 6) is 0. The lowest BCUT2D eigenvalue weighted by Gasteiger charge is -2.11. The topological polar surface area (TPSA) is 27.8 Å². The molecule has 2 N–H and O–H groups in total. The van der Waals surface area contributed by atoms with Crippen LogP contribution in [-0.2, 0) is 0 Å². The molecular formula is C12H14N2. The highest BCUT2D eigenvalue weighted by atomic mass is 14.9. The molecule has 0 unspecified atom stereocenters. The summed E-state index contributed by atoms with van der Waals surface area (Å²) < 4.78 is 0. The molecule has 2 heteroatoms. The number of benzene rings is 1. The van der Waals surface area contributed by atoms with Crippen LogP contribution < -0.4 is 5.32 Å². The molecular weight excluding hydrogens is 172 g/mol. The summed E-state index contributed by atoms with van der Waals surface area (Å²) in [6, 6.07) is 9.21. The maximum atomic E-state index is 3.53. The molecule has 14 heavy (non-hydrogen) atoms. The van der Waals surface area contributed by atoms with Crippen LogP contribution in [0.4, 0.5) is 0 Å². The van der Waals surface area contributed by atoms with Gasteiger partial charge in [-0.25, -0.2) is 0 Å². The van der Waals surface area contributed by atoms with Gasteiger partial charge in [0, 0.05) is 12.2 Å². The van der Waals surface area contributed by atoms with Gasteiger partial charge in [-0.3, -0.25) is 0 Å². The standard InChI is InChI=1S/C12H14N2/c1-3-9-6-8-14-12(9)10(4-1)11-5-2-7-13-11/h1,3-4,6,8,11,13-14H,2,5,7H2/t11-/m0/s1. The third-order valence-corrected chi connectivity index (χ3v) is 3.06. The largest absolute Gasteiger partial charge is 0.361 e. The monoisotopic (exact) mass is 186 g/mol. The van der Waals surface area contributed by atoms with Gasteiger partial charge < -0.3 is 10.3 Å². The van der Waals surface area contributed by atoms with Crippen molar-refractivity contribution in [2.24, 2.45) is 0 Å². The highest BCUT2D eigenvalue weighted by Crippen LogP contribution is 2.28. The van der Waals surface area contributed by atoms with Gasteiger partial charge in [0.25, 0.3) is 0 Å². The van der Waals surface area contributed by atoms with E-state index in [4.69, 9.17) is 0 Å². The Hall–Kier alpha value is -1.28. The summed E-state index contributed by atoms with van der Waals surface area (Å²) in [5, 5.41) is 4.85. The van der Waals surface area contributed by atoms with Gasteiger partial charge in [0.2, 0.25) is 0 Å². The molecule has 1 fully saturated rings. The van der Waals surface area contributed by atoms with Crippen LogP contribution in [-0.4, -0.2) is 11.5 Å². The minimum absolute atomic E-state index is 0.553. The fraction of sp³-hybridized carbons (Fsp3) is 0.333. The smallest absolute Gasteiger partial charge is 0.0502 e. The van der Waals surface area contributed by atoms with E-state index >= 15 is 0 Å². The van der Waals surface area contributed by atoms with Crippen LogP contribution in [0.1, 0.15) is 24.4 Å². The van der Waals surface area contributed by atoms with Gasteiger partial charge in [-0.15, -0.1) is 0 Å². The van der Waals surface area contributed by atoms with E-state index in [2.05, 4.69) is 34.6 Å². The summed E-state index contributed by atoms with van der Waals surface area (Å²) in [6.45, 7) is 1.15. The molecule has 3 rings (SSSR count). The van der Waals surface area contributed by atoms with Crippen molar-refractivity contribution in [2.45, 2.75) is 18.9 Å². The van der Waals surface area contributed by atoms with Crippen molar-refractivity contribution < 1.29 is 0 Å². The highest BCUT2D eigenvalue weighted by molar-refractivity contribution is 5.82. The lowest BCUT2D eigenvalue weighted by Crippen LogP contribution is -2.13. The molecule has 0 radical (unpaired) electrons. The number of nitrogens with one attached hydrogen (secondary N) is 2. The van der Waals surface area contributed by atoms with Crippen molar-refractivity contribution in [1.82, 2.24) is 10.3 Å². The third kappa shape index (κ3) is 1.15. The average molecular weight is 186 g/mol. The second-order valence-electron chi connectivity index (χ2n) is 3.94. The van der Waals surface area contributed by atoms with E-state index in [1.165, 1.54) is 29.3 Å². The van der Waals surface area contributed by atoms with E-state index < -0.39 is 0 Å². The molecule has 0 aliphatic carbocycles. The number of para-hydroxylation sites is 1. The number of H-pyrrole nitrogens is 1. The van der Waals surface area contributed by atoms with Crippen LogP contribution in [0.3, 0.4) is 0 Å². The summed E-state index contributed by atoms with van der Waals surface area (Å²) >= 11 is 0. The fourth-order valence-electron chi connectivity index (χ4n) is 2.35. The molecule has 2 aromatic rings. The van der Waals surface area contributed by atoms with Gasteiger partial charge in [-0.2, -0.15) is 0 Å². The quantitative estimate of drug-likeness (QED) is 0.704. The molecule has 1 aromatic heterocycles. The van der Waals surface area contributed by atoms with E-state index in [1.807, 2.05) is 6.20 Å². The molecule has 0 spiro atoms. The minimum Gasteiger partial charge on any atom is -0.361 e. The number of hydrogen-bond acceptors (Lipinski definition) is 1.